The van der Waals surface area contributed by atoms with Crippen LogP contribution < -0.4 is 10.6 Å². The molecule has 0 spiro atoms. The van der Waals surface area contributed by atoms with Gasteiger partial charge in [0.2, 0.25) is 0 Å². The summed E-state index contributed by atoms with van der Waals surface area (Å²) in [4.78, 5) is 12.9. The van der Waals surface area contributed by atoms with Crippen LogP contribution in [0.2, 0.25) is 0 Å². The molecular weight excluding hydrogens is 192 g/mol. The molecule has 15 heavy (non-hydrogen) atoms. The summed E-state index contributed by atoms with van der Waals surface area (Å²) in [6.07, 6.45) is 0.518. The van der Waals surface area contributed by atoms with Gasteiger partial charge in [0.25, 0.3) is 0 Å². The number of carboxylic acids is 1. The Kier molecular flexibility index (Phi) is 2.60. The van der Waals surface area contributed by atoms with E-state index in [1.807, 2.05) is 35.2 Å². The number of hydrogen-bond acceptors (Lipinski definition) is 3. The number of nitrogens with two attached hydrogens (primary N) is 1. The van der Waals surface area contributed by atoms with Crippen LogP contribution in [0.4, 0.5) is 5.69 Å². The summed E-state index contributed by atoms with van der Waals surface area (Å²) in [5.74, 6) is -0.799. The smallest absolute Gasteiger partial charge is 0.326 e. The lowest BCUT2D eigenvalue weighted by Crippen LogP contribution is -2.36. The standard InChI is InChI=1S/C11H14N2O2/c12-8-6-10(11(14)15)13(7-8)9-4-2-1-3-5-9/h1-5,8,10H,6-7,12H2,(H,14,15)/t8-,10-/m0/s1. The summed E-state index contributed by atoms with van der Waals surface area (Å²) in [6, 6.07) is 9.00. The van der Waals surface area contributed by atoms with E-state index >= 15 is 0 Å². The van der Waals surface area contributed by atoms with Crippen LogP contribution in [0.5, 0.6) is 0 Å². The van der Waals surface area contributed by atoms with Crippen molar-refractivity contribution in [3.63, 3.8) is 0 Å². The fourth-order valence-corrected chi connectivity index (χ4v) is 2.01. The van der Waals surface area contributed by atoms with Crippen molar-refractivity contribution in [2.75, 3.05) is 11.4 Å². The molecule has 1 aromatic rings. The van der Waals surface area contributed by atoms with Crippen LogP contribution in [-0.2, 0) is 4.79 Å². The van der Waals surface area contributed by atoms with Gasteiger partial charge in [-0.05, 0) is 18.6 Å². The first-order valence-corrected chi connectivity index (χ1v) is 4.98. The molecular formula is C11H14N2O2. The van der Waals surface area contributed by atoms with Crippen LogP contribution in [0.25, 0.3) is 0 Å². The topological polar surface area (TPSA) is 66.6 Å². The molecule has 1 saturated heterocycles. The predicted octanol–water partition coefficient (Wildman–Crippen LogP) is 0.677. The molecule has 0 bridgehead atoms. The zero-order valence-electron chi connectivity index (χ0n) is 8.34. The maximum atomic E-state index is 11.0. The van der Waals surface area contributed by atoms with E-state index in [9.17, 15) is 4.79 Å². The van der Waals surface area contributed by atoms with Crippen molar-refractivity contribution in [3.05, 3.63) is 30.3 Å². The van der Waals surface area contributed by atoms with Gasteiger partial charge < -0.3 is 15.7 Å². The summed E-state index contributed by atoms with van der Waals surface area (Å²) >= 11 is 0. The molecule has 0 aliphatic carbocycles. The molecule has 4 heteroatoms. The molecule has 0 saturated carbocycles. The van der Waals surface area contributed by atoms with Gasteiger partial charge in [-0.1, -0.05) is 18.2 Å². The summed E-state index contributed by atoms with van der Waals surface area (Å²) in [5.41, 5.74) is 6.71. The molecule has 2 rings (SSSR count). The molecule has 1 heterocycles. The van der Waals surface area contributed by atoms with Crippen molar-refractivity contribution < 1.29 is 9.90 Å². The number of rotatable bonds is 2. The first kappa shape index (κ1) is 9.98. The molecule has 2 atom stereocenters. The van der Waals surface area contributed by atoms with Crippen LogP contribution in [0.3, 0.4) is 0 Å². The minimum Gasteiger partial charge on any atom is -0.480 e. The summed E-state index contributed by atoms with van der Waals surface area (Å²) < 4.78 is 0. The zero-order chi connectivity index (χ0) is 10.8. The van der Waals surface area contributed by atoms with Gasteiger partial charge in [-0.2, -0.15) is 0 Å². The number of hydrogen-bond donors (Lipinski definition) is 2. The number of nitrogens with zero attached hydrogens (tertiary/aromatic N) is 1. The lowest BCUT2D eigenvalue weighted by atomic mass is 10.2. The second-order valence-electron chi connectivity index (χ2n) is 3.84. The highest BCUT2D eigenvalue weighted by Crippen LogP contribution is 2.24. The maximum Gasteiger partial charge on any atom is 0.326 e. The van der Waals surface area contributed by atoms with E-state index in [2.05, 4.69) is 0 Å². The molecule has 1 fully saturated rings. The first-order chi connectivity index (χ1) is 7.18. The molecule has 80 valence electrons. The molecule has 0 radical (unpaired) electrons. The van der Waals surface area contributed by atoms with Crippen molar-refractivity contribution in [2.45, 2.75) is 18.5 Å². The quantitative estimate of drug-likeness (QED) is 0.746. The minimum absolute atomic E-state index is 0.0497. The summed E-state index contributed by atoms with van der Waals surface area (Å²) in [5, 5.41) is 9.07. The largest absolute Gasteiger partial charge is 0.480 e. The minimum atomic E-state index is -0.799. The lowest BCUT2D eigenvalue weighted by molar-refractivity contribution is -0.138. The average Bonchev–Trinajstić information content (AvgIpc) is 2.62. The van der Waals surface area contributed by atoms with Gasteiger partial charge in [-0.3, -0.25) is 0 Å². The first-order valence-electron chi connectivity index (χ1n) is 4.98. The molecule has 1 aromatic carbocycles. The van der Waals surface area contributed by atoms with Crippen molar-refractivity contribution in [1.29, 1.82) is 0 Å². The molecule has 3 N–H and O–H groups in total. The summed E-state index contributed by atoms with van der Waals surface area (Å²) in [7, 11) is 0. The Morgan fingerprint density at radius 1 is 1.40 bits per heavy atom. The molecule has 1 aliphatic heterocycles. The third-order valence-electron chi connectivity index (χ3n) is 2.71. The third-order valence-corrected chi connectivity index (χ3v) is 2.71. The number of carboxylic acid groups (broad SMARTS) is 1. The van der Waals surface area contributed by atoms with Crippen molar-refractivity contribution in [1.82, 2.24) is 0 Å². The Morgan fingerprint density at radius 2 is 2.07 bits per heavy atom. The normalized spacial score (nSPS) is 25.5. The summed E-state index contributed by atoms with van der Waals surface area (Å²) in [6.45, 7) is 0.612. The van der Waals surface area contributed by atoms with Crippen LogP contribution in [0.1, 0.15) is 6.42 Å². The zero-order valence-corrected chi connectivity index (χ0v) is 8.34. The van der Waals surface area contributed by atoms with E-state index in [1.54, 1.807) is 0 Å². The highest BCUT2D eigenvalue weighted by atomic mass is 16.4. The fraction of sp³-hybridized carbons (Fsp3) is 0.364. The van der Waals surface area contributed by atoms with Gasteiger partial charge in [0, 0.05) is 18.3 Å². The fourth-order valence-electron chi connectivity index (χ4n) is 2.01. The highest BCUT2D eigenvalue weighted by molar-refractivity contribution is 5.79. The van der Waals surface area contributed by atoms with Crippen molar-refractivity contribution >= 4 is 11.7 Å². The highest BCUT2D eigenvalue weighted by Gasteiger charge is 2.34. The lowest BCUT2D eigenvalue weighted by Gasteiger charge is -2.23. The average molecular weight is 206 g/mol. The van der Waals surface area contributed by atoms with E-state index in [4.69, 9.17) is 10.8 Å². The van der Waals surface area contributed by atoms with E-state index in [0.29, 0.717) is 13.0 Å². The SMILES string of the molecule is N[C@H]1C[C@@H](C(=O)O)N(c2ccccc2)C1. The number of aliphatic carboxylic acids is 1. The van der Waals surface area contributed by atoms with Gasteiger partial charge in [0.05, 0.1) is 0 Å². The number of benzene rings is 1. The molecule has 0 unspecified atom stereocenters. The van der Waals surface area contributed by atoms with Crippen LogP contribution in [0, 0.1) is 0 Å². The van der Waals surface area contributed by atoms with Crippen molar-refractivity contribution in [2.24, 2.45) is 5.73 Å². The van der Waals surface area contributed by atoms with Gasteiger partial charge in [0.15, 0.2) is 0 Å². The number of para-hydroxylation sites is 1. The maximum absolute atomic E-state index is 11.0. The second kappa shape index (κ2) is 3.90. The predicted molar refractivity (Wildman–Crippen MR) is 57.8 cm³/mol. The van der Waals surface area contributed by atoms with Gasteiger partial charge in [-0.15, -0.1) is 0 Å². The van der Waals surface area contributed by atoms with Gasteiger partial charge >= 0.3 is 5.97 Å². The van der Waals surface area contributed by atoms with E-state index in [0.717, 1.165) is 5.69 Å². The Labute approximate surface area is 88.3 Å². The number of carbonyl (C=O) groups is 1. The molecule has 0 amide bonds. The van der Waals surface area contributed by atoms with E-state index in [1.165, 1.54) is 0 Å². The van der Waals surface area contributed by atoms with Gasteiger partial charge in [0.1, 0.15) is 6.04 Å². The van der Waals surface area contributed by atoms with Crippen molar-refractivity contribution in [3.8, 4) is 0 Å². The Bertz CT molecular complexity index is 353. The molecule has 1 aliphatic rings. The third kappa shape index (κ3) is 1.94. The van der Waals surface area contributed by atoms with E-state index < -0.39 is 12.0 Å². The van der Waals surface area contributed by atoms with Crippen LogP contribution >= 0.6 is 0 Å². The second-order valence-corrected chi connectivity index (χ2v) is 3.84. The number of anilines is 1. The Morgan fingerprint density at radius 3 is 2.67 bits per heavy atom. The Balaban J connectivity index is 2.24. The monoisotopic (exact) mass is 206 g/mol. The molecule has 4 nitrogen and oxygen atoms in total. The van der Waals surface area contributed by atoms with E-state index in [-0.39, 0.29) is 6.04 Å². The van der Waals surface area contributed by atoms with Gasteiger partial charge in [-0.25, -0.2) is 4.79 Å². The van der Waals surface area contributed by atoms with Crippen LogP contribution in [0.15, 0.2) is 30.3 Å². The molecule has 0 aromatic heterocycles. The van der Waals surface area contributed by atoms with Crippen LogP contribution in [-0.4, -0.2) is 29.7 Å². The Hall–Kier alpha value is -1.55.